The second-order valence-corrected chi connectivity index (χ2v) is 7.11. The summed E-state index contributed by atoms with van der Waals surface area (Å²) in [6, 6.07) is 5.13. The first-order valence-electron chi connectivity index (χ1n) is 5.96. The summed E-state index contributed by atoms with van der Waals surface area (Å²) >= 11 is 3.29. The van der Waals surface area contributed by atoms with Crippen molar-refractivity contribution in [2.75, 3.05) is 37.3 Å². The van der Waals surface area contributed by atoms with Crippen LogP contribution in [0, 0.1) is 5.82 Å². The molecular weight excluding hydrogens is 335 g/mol. The quantitative estimate of drug-likeness (QED) is 0.780. The fourth-order valence-electron chi connectivity index (χ4n) is 2.15. The molecule has 0 aromatic heterocycles. The molecule has 0 aliphatic carbocycles. The second kappa shape index (κ2) is 5.76. The van der Waals surface area contributed by atoms with Crippen molar-refractivity contribution < 1.29 is 12.8 Å². The number of anilines is 1. The molecule has 19 heavy (non-hydrogen) atoms. The lowest BCUT2D eigenvalue weighted by Gasteiger charge is -2.34. The molecule has 0 amide bonds. The normalized spacial score (nSPS) is 17.7. The van der Waals surface area contributed by atoms with Gasteiger partial charge >= 0.3 is 0 Å². The number of piperazine rings is 1. The lowest BCUT2D eigenvalue weighted by molar-refractivity contribution is 0.386. The Kier molecular flexibility index (Phi) is 4.47. The van der Waals surface area contributed by atoms with Gasteiger partial charge in [-0.2, -0.15) is 4.31 Å². The number of hydrogen-bond donors (Lipinski definition) is 0. The number of nitrogens with zero attached hydrogens (tertiary/aromatic N) is 2. The van der Waals surface area contributed by atoms with Gasteiger partial charge in [0.05, 0.1) is 11.9 Å². The zero-order valence-corrected chi connectivity index (χ0v) is 13.0. The minimum absolute atomic E-state index is 0.259. The summed E-state index contributed by atoms with van der Waals surface area (Å²) in [5.74, 6) is -0.259. The molecule has 1 aliphatic heterocycles. The average Bonchev–Trinajstić information content (AvgIpc) is 2.37. The maximum Gasteiger partial charge on any atom is 0.211 e. The fourth-order valence-corrected chi connectivity index (χ4v) is 3.33. The second-order valence-electron chi connectivity index (χ2n) is 4.57. The largest absolute Gasteiger partial charge is 0.367 e. The van der Waals surface area contributed by atoms with Crippen LogP contribution in [0.5, 0.6) is 0 Å². The van der Waals surface area contributed by atoms with Gasteiger partial charge in [-0.05, 0) is 17.7 Å². The van der Waals surface area contributed by atoms with Crippen LogP contribution in [-0.4, -0.2) is 45.2 Å². The van der Waals surface area contributed by atoms with Gasteiger partial charge in [-0.1, -0.05) is 22.0 Å². The Morgan fingerprint density at radius 1 is 1.26 bits per heavy atom. The molecule has 1 aromatic rings. The highest BCUT2D eigenvalue weighted by molar-refractivity contribution is 9.08. The first kappa shape index (κ1) is 14.7. The highest BCUT2D eigenvalue weighted by atomic mass is 79.9. The van der Waals surface area contributed by atoms with E-state index in [1.807, 2.05) is 11.0 Å². The van der Waals surface area contributed by atoms with Gasteiger partial charge in [0, 0.05) is 31.5 Å². The van der Waals surface area contributed by atoms with Crippen molar-refractivity contribution in [3.63, 3.8) is 0 Å². The Balaban J connectivity index is 2.10. The van der Waals surface area contributed by atoms with Crippen molar-refractivity contribution in [2.45, 2.75) is 5.33 Å². The number of benzene rings is 1. The van der Waals surface area contributed by atoms with Gasteiger partial charge in [0.2, 0.25) is 10.0 Å². The molecule has 0 unspecified atom stereocenters. The van der Waals surface area contributed by atoms with E-state index in [-0.39, 0.29) is 5.82 Å². The van der Waals surface area contributed by atoms with Crippen LogP contribution in [0.2, 0.25) is 0 Å². The molecule has 7 heteroatoms. The zero-order valence-electron chi connectivity index (χ0n) is 10.6. The molecule has 1 fully saturated rings. The van der Waals surface area contributed by atoms with Gasteiger partial charge < -0.3 is 4.90 Å². The standard InChI is InChI=1S/C12H16BrFN2O2S/c1-19(17,18)16-6-4-15(5-7-16)12-3-2-10(9-13)8-11(12)14/h2-3,8H,4-7,9H2,1H3. The predicted molar refractivity (Wildman–Crippen MR) is 77.7 cm³/mol. The third kappa shape index (κ3) is 3.46. The van der Waals surface area contributed by atoms with E-state index >= 15 is 0 Å². The Morgan fingerprint density at radius 3 is 2.37 bits per heavy atom. The topological polar surface area (TPSA) is 40.6 Å². The van der Waals surface area contributed by atoms with Crippen molar-refractivity contribution in [1.82, 2.24) is 4.31 Å². The smallest absolute Gasteiger partial charge is 0.211 e. The third-order valence-corrected chi connectivity index (χ3v) is 5.17. The van der Waals surface area contributed by atoms with E-state index in [1.165, 1.54) is 16.6 Å². The number of sulfonamides is 1. The van der Waals surface area contributed by atoms with Crippen LogP contribution < -0.4 is 4.90 Å². The average molecular weight is 351 g/mol. The van der Waals surface area contributed by atoms with Gasteiger partial charge in [0.25, 0.3) is 0 Å². The summed E-state index contributed by atoms with van der Waals surface area (Å²) in [5.41, 5.74) is 1.42. The maximum absolute atomic E-state index is 14.0. The van der Waals surface area contributed by atoms with Crippen LogP contribution in [0.1, 0.15) is 5.56 Å². The van der Waals surface area contributed by atoms with E-state index in [2.05, 4.69) is 15.9 Å². The van der Waals surface area contributed by atoms with Crippen LogP contribution in [0.25, 0.3) is 0 Å². The summed E-state index contributed by atoms with van der Waals surface area (Å²) in [6.45, 7) is 1.83. The first-order valence-corrected chi connectivity index (χ1v) is 8.93. The minimum Gasteiger partial charge on any atom is -0.367 e. The molecule has 0 spiro atoms. The lowest BCUT2D eigenvalue weighted by atomic mass is 10.2. The summed E-state index contributed by atoms with van der Waals surface area (Å²) in [5, 5.41) is 0.617. The van der Waals surface area contributed by atoms with Crippen LogP contribution in [0.15, 0.2) is 18.2 Å². The molecule has 106 valence electrons. The number of halogens is 2. The van der Waals surface area contributed by atoms with E-state index in [0.29, 0.717) is 37.2 Å². The molecule has 0 saturated carbocycles. The summed E-state index contributed by atoms with van der Waals surface area (Å²) < 4.78 is 38.2. The number of rotatable bonds is 3. The van der Waals surface area contributed by atoms with Gasteiger partial charge in [-0.15, -0.1) is 0 Å². The third-order valence-electron chi connectivity index (χ3n) is 3.21. The molecule has 1 saturated heterocycles. The number of hydrogen-bond acceptors (Lipinski definition) is 3. The zero-order chi connectivity index (χ0) is 14.0. The molecule has 0 N–H and O–H groups in total. The Morgan fingerprint density at radius 2 is 1.89 bits per heavy atom. The lowest BCUT2D eigenvalue weighted by Crippen LogP contribution is -2.48. The van der Waals surface area contributed by atoms with Crippen LogP contribution in [0.4, 0.5) is 10.1 Å². The van der Waals surface area contributed by atoms with Crippen LogP contribution in [0.3, 0.4) is 0 Å². The van der Waals surface area contributed by atoms with Crippen molar-refractivity contribution in [3.8, 4) is 0 Å². The van der Waals surface area contributed by atoms with Gasteiger partial charge in [0.1, 0.15) is 5.82 Å². The fraction of sp³-hybridized carbons (Fsp3) is 0.500. The van der Waals surface area contributed by atoms with Crippen LogP contribution >= 0.6 is 15.9 Å². The van der Waals surface area contributed by atoms with Gasteiger partial charge in [-0.25, -0.2) is 12.8 Å². The summed E-state index contributed by atoms with van der Waals surface area (Å²) in [6.07, 6.45) is 1.20. The minimum atomic E-state index is -3.15. The van der Waals surface area contributed by atoms with Crippen molar-refractivity contribution in [1.29, 1.82) is 0 Å². The molecule has 0 radical (unpaired) electrons. The van der Waals surface area contributed by atoms with E-state index in [9.17, 15) is 12.8 Å². The molecule has 1 aromatic carbocycles. The van der Waals surface area contributed by atoms with Gasteiger partial charge in [0.15, 0.2) is 0 Å². The highest BCUT2D eigenvalue weighted by Crippen LogP contribution is 2.23. The van der Waals surface area contributed by atoms with Crippen molar-refractivity contribution >= 4 is 31.6 Å². The van der Waals surface area contributed by atoms with E-state index < -0.39 is 10.0 Å². The van der Waals surface area contributed by atoms with Crippen molar-refractivity contribution in [2.24, 2.45) is 0 Å². The summed E-state index contributed by atoms with van der Waals surface area (Å²) in [7, 11) is -3.15. The SMILES string of the molecule is CS(=O)(=O)N1CCN(c2ccc(CBr)cc2F)CC1. The van der Waals surface area contributed by atoms with E-state index in [4.69, 9.17) is 0 Å². The monoisotopic (exact) mass is 350 g/mol. The molecule has 1 aliphatic rings. The Hall–Kier alpha value is -0.660. The highest BCUT2D eigenvalue weighted by Gasteiger charge is 2.24. The summed E-state index contributed by atoms with van der Waals surface area (Å²) in [4.78, 5) is 1.88. The molecule has 0 bridgehead atoms. The molecular formula is C12H16BrFN2O2S. The van der Waals surface area contributed by atoms with E-state index in [1.54, 1.807) is 6.07 Å². The molecule has 1 heterocycles. The van der Waals surface area contributed by atoms with Crippen molar-refractivity contribution in [3.05, 3.63) is 29.6 Å². The van der Waals surface area contributed by atoms with E-state index in [0.717, 1.165) is 5.56 Å². The Bertz CT molecular complexity index is 557. The van der Waals surface area contributed by atoms with Gasteiger partial charge in [-0.3, -0.25) is 0 Å². The molecule has 0 atom stereocenters. The maximum atomic E-state index is 14.0. The first-order chi connectivity index (χ1) is 8.91. The molecule has 4 nitrogen and oxygen atoms in total. The predicted octanol–water partition coefficient (Wildman–Crippen LogP) is 1.80. The Labute approximate surface area is 121 Å². The van der Waals surface area contributed by atoms with Crippen LogP contribution in [-0.2, 0) is 15.4 Å². The molecule has 2 rings (SSSR count). The number of alkyl halides is 1.